The van der Waals surface area contributed by atoms with Crippen LogP contribution in [0.5, 0.6) is 5.75 Å². The Morgan fingerprint density at radius 2 is 1.89 bits per heavy atom. The molecule has 2 atom stereocenters. The summed E-state index contributed by atoms with van der Waals surface area (Å²) >= 11 is 0. The average molecular weight is 264 g/mol. The van der Waals surface area contributed by atoms with E-state index in [0.717, 1.165) is 5.56 Å². The lowest BCUT2D eigenvalue weighted by Gasteiger charge is -2.11. The minimum atomic E-state index is -0.992. The van der Waals surface area contributed by atoms with Crippen LogP contribution in [0, 0.1) is 0 Å². The first-order valence-electron chi connectivity index (χ1n) is 6.08. The number of rotatable bonds is 6. The van der Waals surface area contributed by atoms with Crippen molar-refractivity contribution in [3.05, 3.63) is 47.6 Å². The van der Waals surface area contributed by atoms with E-state index in [9.17, 15) is 15.3 Å². The van der Waals surface area contributed by atoms with E-state index in [2.05, 4.69) is 0 Å². The van der Waals surface area contributed by atoms with Gasteiger partial charge in [-0.2, -0.15) is 0 Å². The topological polar surface area (TPSA) is 69.9 Å². The molecule has 0 radical (unpaired) electrons. The van der Waals surface area contributed by atoms with Gasteiger partial charge in [-0.3, -0.25) is 0 Å². The first-order chi connectivity index (χ1) is 9.13. The van der Waals surface area contributed by atoms with Gasteiger partial charge in [-0.05, 0) is 18.6 Å². The highest BCUT2D eigenvalue weighted by molar-refractivity contribution is 5.58. The smallest absolute Gasteiger partial charge is 0.124 e. The normalized spacial score (nSPS) is 15.0. The molecule has 0 saturated carbocycles. The van der Waals surface area contributed by atoms with Crippen LogP contribution in [-0.2, 0) is 6.61 Å². The molecule has 1 rings (SSSR count). The zero-order valence-corrected chi connectivity index (χ0v) is 11.2. The zero-order valence-electron chi connectivity index (χ0n) is 11.2. The van der Waals surface area contributed by atoms with E-state index in [-0.39, 0.29) is 6.61 Å². The lowest BCUT2D eigenvalue weighted by molar-refractivity contribution is 0.0812. The maximum atomic E-state index is 9.72. The molecule has 0 spiro atoms. The summed E-state index contributed by atoms with van der Waals surface area (Å²) in [5.74, 6) is 0.591. The van der Waals surface area contributed by atoms with Crippen molar-refractivity contribution in [2.45, 2.75) is 25.7 Å². The molecule has 0 aliphatic rings. The van der Waals surface area contributed by atoms with E-state index in [4.69, 9.17) is 4.74 Å². The summed E-state index contributed by atoms with van der Waals surface area (Å²) in [5, 5.41) is 28.6. The number of aliphatic hydroxyl groups is 3. The van der Waals surface area contributed by atoms with Crippen molar-refractivity contribution >= 4 is 6.08 Å². The summed E-state index contributed by atoms with van der Waals surface area (Å²) < 4.78 is 5.15. The molecular weight excluding hydrogens is 244 g/mol. The average Bonchev–Trinajstić information content (AvgIpc) is 2.44. The number of hydrogen-bond donors (Lipinski definition) is 3. The van der Waals surface area contributed by atoms with Crippen LogP contribution in [0.15, 0.2) is 36.4 Å². The van der Waals surface area contributed by atoms with Crippen molar-refractivity contribution < 1.29 is 20.1 Å². The molecule has 0 bridgehead atoms. The number of aliphatic hydroxyl groups excluding tert-OH is 3. The number of benzene rings is 1. The van der Waals surface area contributed by atoms with Crippen LogP contribution >= 0.6 is 0 Å². The summed E-state index contributed by atoms with van der Waals surface area (Å²) in [7, 11) is 1.53. The van der Waals surface area contributed by atoms with Crippen LogP contribution in [0.4, 0.5) is 0 Å². The minimum absolute atomic E-state index is 0.156. The predicted molar refractivity (Wildman–Crippen MR) is 74.8 cm³/mol. The first kappa shape index (κ1) is 15.4. The summed E-state index contributed by atoms with van der Waals surface area (Å²) in [6, 6.07) is 5.36. The molecule has 0 heterocycles. The zero-order chi connectivity index (χ0) is 14.3. The van der Waals surface area contributed by atoms with E-state index in [0.29, 0.717) is 11.3 Å². The Labute approximate surface area is 113 Å². The number of hydrogen-bond acceptors (Lipinski definition) is 4. The lowest BCUT2D eigenvalue weighted by Crippen LogP contribution is -2.20. The van der Waals surface area contributed by atoms with Crippen molar-refractivity contribution in [1.29, 1.82) is 0 Å². The fourth-order valence-electron chi connectivity index (χ4n) is 1.73. The Morgan fingerprint density at radius 3 is 2.47 bits per heavy atom. The van der Waals surface area contributed by atoms with E-state index in [1.807, 2.05) is 0 Å². The molecule has 0 aliphatic heterocycles. The highest BCUT2D eigenvalue weighted by Crippen LogP contribution is 2.23. The van der Waals surface area contributed by atoms with Gasteiger partial charge in [-0.15, -0.1) is 0 Å². The van der Waals surface area contributed by atoms with Crippen molar-refractivity contribution in [3.8, 4) is 5.75 Å². The summed E-state index contributed by atoms with van der Waals surface area (Å²) in [4.78, 5) is 0. The summed E-state index contributed by atoms with van der Waals surface area (Å²) in [6.07, 6.45) is 4.39. The molecule has 104 valence electrons. The van der Waals surface area contributed by atoms with Gasteiger partial charge in [0.05, 0.1) is 13.7 Å². The van der Waals surface area contributed by atoms with Crippen molar-refractivity contribution in [2.24, 2.45) is 0 Å². The molecule has 19 heavy (non-hydrogen) atoms. The maximum absolute atomic E-state index is 9.72. The predicted octanol–water partition coefficient (Wildman–Crippen LogP) is 1.50. The monoisotopic (exact) mass is 264 g/mol. The van der Waals surface area contributed by atoms with Crippen LogP contribution in [0.3, 0.4) is 0 Å². The first-order valence-corrected chi connectivity index (χ1v) is 6.08. The maximum Gasteiger partial charge on any atom is 0.124 e. The quantitative estimate of drug-likeness (QED) is 0.681. The molecule has 2 unspecified atom stereocenters. The van der Waals surface area contributed by atoms with Gasteiger partial charge in [-0.25, -0.2) is 0 Å². The number of methoxy groups -OCH3 is 1. The second-order valence-electron chi connectivity index (χ2n) is 4.05. The van der Waals surface area contributed by atoms with Gasteiger partial charge in [0, 0.05) is 5.56 Å². The molecule has 1 aromatic rings. The van der Waals surface area contributed by atoms with Crippen LogP contribution in [0.25, 0.3) is 6.08 Å². The summed E-state index contributed by atoms with van der Waals surface area (Å²) in [5.41, 5.74) is 1.39. The molecular formula is C15H20O4. The van der Waals surface area contributed by atoms with Crippen molar-refractivity contribution in [3.63, 3.8) is 0 Å². The molecule has 4 heteroatoms. The highest BCUT2D eigenvalue weighted by Gasteiger charge is 2.10. The van der Waals surface area contributed by atoms with E-state index in [1.165, 1.54) is 19.3 Å². The van der Waals surface area contributed by atoms with Crippen LogP contribution in [0.1, 0.15) is 18.1 Å². The van der Waals surface area contributed by atoms with E-state index < -0.39 is 12.2 Å². The Morgan fingerprint density at radius 1 is 1.21 bits per heavy atom. The fraction of sp³-hybridized carbons (Fsp3) is 0.333. The lowest BCUT2D eigenvalue weighted by atomic mass is 10.0. The van der Waals surface area contributed by atoms with Crippen LogP contribution in [0.2, 0.25) is 0 Å². The van der Waals surface area contributed by atoms with Crippen LogP contribution < -0.4 is 4.74 Å². The highest BCUT2D eigenvalue weighted by atomic mass is 16.5. The molecule has 1 aromatic carbocycles. The molecule has 0 aliphatic carbocycles. The Bertz CT molecular complexity index is 451. The van der Waals surface area contributed by atoms with Crippen LogP contribution in [-0.4, -0.2) is 34.6 Å². The number of ether oxygens (including phenoxy) is 1. The molecule has 0 fully saturated rings. The molecule has 4 nitrogen and oxygen atoms in total. The van der Waals surface area contributed by atoms with Gasteiger partial charge in [0.2, 0.25) is 0 Å². The van der Waals surface area contributed by atoms with Gasteiger partial charge in [0.15, 0.2) is 0 Å². The number of allylic oxidation sites excluding steroid dienone is 1. The van der Waals surface area contributed by atoms with Gasteiger partial charge >= 0.3 is 0 Å². The third kappa shape index (κ3) is 4.21. The second-order valence-corrected chi connectivity index (χ2v) is 4.05. The van der Waals surface area contributed by atoms with Crippen molar-refractivity contribution in [1.82, 2.24) is 0 Å². The Hall–Kier alpha value is -1.62. The Balaban J connectivity index is 2.93. The molecule has 0 amide bonds. The largest absolute Gasteiger partial charge is 0.496 e. The molecule has 3 N–H and O–H groups in total. The van der Waals surface area contributed by atoms with Gasteiger partial charge < -0.3 is 20.1 Å². The van der Waals surface area contributed by atoms with Gasteiger partial charge in [-0.1, -0.05) is 36.4 Å². The second kappa shape index (κ2) is 7.74. The molecule has 0 aromatic heterocycles. The van der Waals surface area contributed by atoms with E-state index >= 15 is 0 Å². The minimum Gasteiger partial charge on any atom is -0.496 e. The molecule has 0 saturated heterocycles. The van der Waals surface area contributed by atoms with E-state index in [1.54, 1.807) is 37.3 Å². The Kier molecular flexibility index (Phi) is 6.29. The third-order valence-electron chi connectivity index (χ3n) is 2.76. The SMILES string of the molecule is CC=CC(O)C(O)C=Cc1cccc(OC)c1CO. The van der Waals surface area contributed by atoms with Gasteiger partial charge in [0.25, 0.3) is 0 Å². The van der Waals surface area contributed by atoms with Gasteiger partial charge in [0.1, 0.15) is 18.0 Å². The summed E-state index contributed by atoms with van der Waals surface area (Å²) in [6.45, 7) is 1.61. The fourth-order valence-corrected chi connectivity index (χ4v) is 1.73. The third-order valence-corrected chi connectivity index (χ3v) is 2.76. The standard InChI is InChI=1S/C15H20O4/c1-3-5-13(17)14(18)9-8-11-6-4-7-15(19-2)12(11)10-16/h3-9,13-14,16-18H,10H2,1-2H3. The van der Waals surface area contributed by atoms with Crippen molar-refractivity contribution in [2.75, 3.05) is 7.11 Å².